The molecule has 1 aromatic carbocycles. The number of nitrogens with one attached hydrogen (secondary N) is 1. The molecule has 1 aliphatic heterocycles. The molecule has 1 fully saturated rings. The highest BCUT2D eigenvalue weighted by molar-refractivity contribution is 6.40. The number of nitrogens with zero attached hydrogens (tertiary/aromatic N) is 2. The first kappa shape index (κ1) is 15.2. The molecule has 23 heavy (non-hydrogen) atoms. The molecule has 0 unspecified atom stereocenters. The molecule has 0 saturated heterocycles. The van der Waals surface area contributed by atoms with Crippen molar-refractivity contribution in [1.82, 2.24) is 10.3 Å². The van der Waals surface area contributed by atoms with Crippen molar-refractivity contribution in [3.8, 4) is 0 Å². The molecular formula is C16H17N3O4. The second kappa shape index (κ2) is 5.83. The first-order valence-electron chi connectivity index (χ1n) is 7.48. The van der Waals surface area contributed by atoms with E-state index in [2.05, 4.69) is 10.4 Å². The molecule has 0 aromatic heterocycles. The topological polar surface area (TPSA) is 99.1 Å². The molecule has 2 amide bonds. The molecule has 0 radical (unpaired) electrons. The summed E-state index contributed by atoms with van der Waals surface area (Å²) in [5, 5.41) is 17.0. The molecule has 2 aliphatic rings. The first-order chi connectivity index (χ1) is 11.0. The molecule has 0 atom stereocenters. The molecule has 0 bridgehead atoms. The zero-order valence-electron chi connectivity index (χ0n) is 12.5. The Balaban J connectivity index is 1.72. The predicted molar refractivity (Wildman–Crippen MR) is 81.4 cm³/mol. The lowest BCUT2D eigenvalue weighted by Crippen LogP contribution is -2.47. The summed E-state index contributed by atoms with van der Waals surface area (Å²) in [7, 11) is 0. The first-order valence-corrected chi connectivity index (χ1v) is 7.48. The standard InChI is InChI=1S/C16H17N3O4/c20-13-7-6-12(14(21)17-16(8-9-16)15(22)23)18-19(13)10-11-4-2-1-3-5-11/h1-5H,6-10H2,(H,17,21)(H,22,23). The highest BCUT2D eigenvalue weighted by atomic mass is 16.4. The van der Waals surface area contributed by atoms with Gasteiger partial charge in [-0.2, -0.15) is 5.10 Å². The molecule has 3 rings (SSSR count). The maximum absolute atomic E-state index is 12.2. The summed E-state index contributed by atoms with van der Waals surface area (Å²) in [6, 6.07) is 9.36. The number of carbonyl (C=O) groups is 3. The number of hydrazone groups is 1. The second-order valence-electron chi connectivity index (χ2n) is 5.83. The van der Waals surface area contributed by atoms with Crippen molar-refractivity contribution in [3.63, 3.8) is 0 Å². The Morgan fingerprint density at radius 2 is 1.91 bits per heavy atom. The number of aliphatic carboxylic acids is 1. The van der Waals surface area contributed by atoms with Crippen LogP contribution in [-0.4, -0.2) is 39.1 Å². The summed E-state index contributed by atoms with van der Waals surface area (Å²) < 4.78 is 0. The fourth-order valence-corrected chi connectivity index (χ4v) is 2.45. The minimum absolute atomic E-state index is 0.148. The molecular weight excluding hydrogens is 298 g/mol. The number of carboxylic acids is 1. The van der Waals surface area contributed by atoms with Crippen LogP contribution in [0.25, 0.3) is 0 Å². The van der Waals surface area contributed by atoms with Gasteiger partial charge in [0.15, 0.2) is 0 Å². The Bertz CT molecular complexity index is 680. The van der Waals surface area contributed by atoms with Crippen LogP contribution in [0.2, 0.25) is 0 Å². The second-order valence-corrected chi connectivity index (χ2v) is 5.83. The highest BCUT2D eigenvalue weighted by Gasteiger charge is 2.52. The van der Waals surface area contributed by atoms with E-state index in [0.717, 1.165) is 5.56 Å². The van der Waals surface area contributed by atoms with Gasteiger partial charge in [0, 0.05) is 12.8 Å². The highest BCUT2D eigenvalue weighted by Crippen LogP contribution is 2.35. The maximum atomic E-state index is 12.2. The molecule has 0 spiro atoms. The van der Waals surface area contributed by atoms with Crippen LogP contribution in [0.1, 0.15) is 31.2 Å². The average molecular weight is 315 g/mol. The monoisotopic (exact) mass is 315 g/mol. The Morgan fingerprint density at radius 1 is 1.22 bits per heavy atom. The largest absolute Gasteiger partial charge is 0.480 e. The summed E-state index contributed by atoms with van der Waals surface area (Å²) in [6.45, 7) is 0.292. The van der Waals surface area contributed by atoms with Gasteiger partial charge in [0.25, 0.3) is 5.91 Å². The molecule has 2 N–H and O–H groups in total. The van der Waals surface area contributed by atoms with Gasteiger partial charge in [0.2, 0.25) is 5.91 Å². The fraction of sp³-hybridized carbons (Fsp3) is 0.375. The normalized spacial score (nSPS) is 19.0. The number of carbonyl (C=O) groups excluding carboxylic acids is 2. The third kappa shape index (κ3) is 3.23. The van der Waals surface area contributed by atoms with E-state index in [4.69, 9.17) is 5.11 Å². The number of amides is 2. The van der Waals surface area contributed by atoms with Gasteiger partial charge in [-0.25, -0.2) is 9.80 Å². The Labute approximate surface area is 133 Å². The zero-order valence-corrected chi connectivity index (χ0v) is 12.5. The van der Waals surface area contributed by atoms with E-state index >= 15 is 0 Å². The van der Waals surface area contributed by atoms with Crippen LogP contribution < -0.4 is 5.32 Å². The van der Waals surface area contributed by atoms with Crippen LogP contribution in [0, 0.1) is 0 Å². The van der Waals surface area contributed by atoms with E-state index in [1.165, 1.54) is 5.01 Å². The van der Waals surface area contributed by atoms with Gasteiger partial charge < -0.3 is 10.4 Å². The molecule has 1 saturated carbocycles. The Kier molecular flexibility index (Phi) is 3.85. The van der Waals surface area contributed by atoms with Crippen LogP contribution >= 0.6 is 0 Å². The predicted octanol–water partition coefficient (Wildman–Crippen LogP) is 0.898. The minimum Gasteiger partial charge on any atom is -0.480 e. The lowest BCUT2D eigenvalue weighted by molar-refractivity contribution is -0.142. The summed E-state index contributed by atoms with van der Waals surface area (Å²) >= 11 is 0. The minimum atomic E-state index is -1.15. The van der Waals surface area contributed by atoms with E-state index in [1.807, 2.05) is 30.3 Å². The SMILES string of the molecule is O=C(NC1(C(=O)O)CC1)C1=NN(Cc2ccccc2)C(=O)CC1. The third-order valence-corrected chi connectivity index (χ3v) is 4.05. The van der Waals surface area contributed by atoms with Gasteiger partial charge in [-0.1, -0.05) is 30.3 Å². The van der Waals surface area contributed by atoms with Crippen molar-refractivity contribution < 1.29 is 19.5 Å². The fourth-order valence-electron chi connectivity index (χ4n) is 2.45. The number of hydrogen-bond donors (Lipinski definition) is 2. The van der Waals surface area contributed by atoms with Gasteiger partial charge in [0.05, 0.1) is 6.54 Å². The number of benzene rings is 1. The molecule has 7 nitrogen and oxygen atoms in total. The van der Waals surface area contributed by atoms with Crippen LogP contribution in [0.5, 0.6) is 0 Å². The van der Waals surface area contributed by atoms with Gasteiger partial charge in [-0.3, -0.25) is 9.59 Å². The van der Waals surface area contributed by atoms with Crippen molar-refractivity contribution in [3.05, 3.63) is 35.9 Å². The molecule has 120 valence electrons. The van der Waals surface area contributed by atoms with Crippen molar-refractivity contribution >= 4 is 23.5 Å². The van der Waals surface area contributed by atoms with Gasteiger partial charge in [-0.15, -0.1) is 0 Å². The van der Waals surface area contributed by atoms with Crippen LogP contribution in [0.3, 0.4) is 0 Å². The number of hydrogen-bond acceptors (Lipinski definition) is 4. The molecule has 1 heterocycles. The van der Waals surface area contributed by atoms with Gasteiger partial charge in [0.1, 0.15) is 11.3 Å². The third-order valence-electron chi connectivity index (χ3n) is 4.05. The average Bonchev–Trinajstić information content (AvgIpc) is 3.31. The molecule has 1 aromatic rings. The molecule has 1 aliphatic carbocycles. The van der Waals surface area contributed by atoms with Crippen LogP contribution in [0.4, 0.5) is 0 Å². The van der Waals surface area contributed by atoms with E-state index in [1.54, 1.807) is 0 Å². The van der Waals surface area contributed by atoms with Gasteiger partial charge >= 0.3 is 5.97 Å². The van der Waals surface area contributed by atoms with Gasteiger partial charge in [-0.05, 0) is 18.4 Å². The lowest BCUT2D eigenvalue weighted by atomic mass is 10.1. The van der Waals surface area contributed by atoms with E-state index < -0.39 is 17.4 Å². The van der Waals surface area contributed by atoms with Crippen molar-refractivity contribution in [2.45, 2.75) is 37.8 Å². The van der Waals surface area contributed by atoms with Crippen LogP contribution in [0.15, 0.2) is 35.4 Å². The molecule has 7 heteroatoms. The van der Waals surface area contributed by atoms with E-state index in [0.29, 0.717) is 19.4 Å². The Morgan fingerprint density at radius 3 is 2.52 bits per heavy atom. The quantitative estimate of drug-likeness (QED) is 0.843. The summed E-state index contributed by atoms with van der Waals surface area (Å²) in [6.07, 6.45) is 1.27. The Hall–Kier alpha value is -2.70. The number of carboxylic acid groups (broad SMARTS) is 1. The number of rotatable bonds is 5. The smallest absolute Gasteiger partial charge is 0.329 e. The summed E-state index contributed by atoms with van der Waals surface area (Å²) in [4.78, 5) is 35.3. The van der Waals surface area contributed by atoms with Crippen molar-refractivity contribution in [2.75, 3.05) is 0 Å². The summed E-state index contributed by atoms with van der Waals surface area (Å²) in [5.74, 6) is -1.68. The summed E-state index contributed by atoms with van der Waals surface area (Å²) in [5.41, 5.74) is -0.0331. The van der Waals surface area contributed by atoms with Crippen molar-refractivity contribution in [1.29, 1.82) is 0 Å². The maximum Gasteiger partial charge on any atom is 0.329 e. The van der Waals surface area contributed by atoms with Crippen LogP contribution in [-0.2, 0) is 20.9 Å². The lowest BCUT2D eigenvalue weighted by Gasteiger charge is -2.24. The van der Waals surface area contributed by atoms with E-state index in [9.17, 15) is 14.4 Å². The van der Waals surface area contributed by atoms with E-state index in [-0.39, 0.29) is 24.5 Å². The zero-order chi connectivity index (χ0) is 16.4. The van der Waals surface area contributed by atoms with Crippen molar-refractivity contribution in [2.24, 2.45) is 5.10 Å².